The molecule has 0 saturated carbocycles. The molecule has 1 aliphatic rings. The number of likely N-dealkylation sites (tertiary alicyclic amines) is 1. The van der Waals surface area contributed by atoms with Crippen molar-refractivity contribution in [2.24, 2.45) is 5.92 Å². The average Bonchev–Trinajstić information content (AvgIpc) is 3.20. The Kier molecular flexibility index (Phi) is 5.66. The Hall–Kier alpha value is -3.40. The molecule has 0 unspecified atom stereocenters. The summed E-state index contributed by atoms with van der Waals surface area (Å²) in [5, 5.41) is 7.13. The third kappa shape index (κ3) is 4.13. The predicted octanol–water partition coefficient (Wildman–Crippen LogP) is 2.90. The first-order valence-corrected chi connectivity index (χ1v) is 9.51. The third-order valence-electron chi connectivity index (χ3n) is 4.68. The molecular formula is C19H19ClN6O4. The summed E-state index contributed by atoms with van der Waals surface area (Å²) in [7, 11) is 3.02. The second-order valence-corrected chi connectivity index (χ2v) is 7.10. The molecule has 0 spiro atoms. The highest BCUT2D eigenvalue weighted by atomic mass is 35.5. The number of methoxy groups -OCH3 is 2. The molecule has 1 aliphatic heterocycles. The molecule has 11 heteroatoms. The summed E-state index contributed by atoms with van der Waals surface area (Å²) in [6.07, 6.45) is 5.30. The Labute approximate surface area is 177 Å². The molecule has 1 fully saturated rings. The summed E-state index contributed by atoms with van der Waals surface area (Å²) in [4.78, 5) is 26.7. The fraction of sp³-hybridized carbons (Fsp3) is 0.316. The van der Waals surface area contributed by atoms with Crippen molar-refractivity contribution in [2.75, 3.05) is 32.6 Å². The molecule has 1 saturated heterocycles. The Balaban J connectivity index is 1.32. The second-order valence-electron chi connectivity index (χ2n) is 6.69. The van der Waals surface area contributed by atoms with Gasteiger partial charge in [0.2, 0.25) is 11.7 Å². The van der Waals surface area contributed by atoms with E-state index in [1.165, 1.54) is 14.2 Å². The first kappa shape index (κ1) is 19.9. The van der Waals surface area contributed by atoms with Crippen molar-refractivity contribution in [1.29, 1.82) is 0 Å². The smallest absolute Gasteiger partial charge is 0.321 e. The maximum absolute atomic E-state index is 12.5. The summed E-state index contributed by atoms with van der Waals surface area (Å²) < 4.78 is 15.8. The zero-order valence-corrected chi connectivity index (χ0v) is 17.1. The number of urea groups is 1. The van der Waals surface area contributed by atoms with Crippen LogP contribution in [0.4, 0.5) is 10.5 Å². The van der Waals surface area contributed by atoms with Gasteiger partial charge in [0.05, 0.1) is 31.1 Å². The molecule has 156 valence electrons. The summed E-state index contributed by atoms with van der Waals surface area (Å²) in [6, 6.07) is 2.98. The first-order chi connectivity index (χ1) is 14.6. The lowest BCUT2D eigenvalue weighted by Crippen LogP contribution is -2.52. The van der Waals surface area contributed by atoms with Gasteiger partial charge in [0, 0.05) is 43.9 Å². The predicted molar refractivity (Wildman–Crippen MR) is 108 cm³/mol. The first-order valence-electron chi connectivity index (χ1n) is 9.13. The topological polar surface area (TPSA) is 116 Å². The number of nitrogens with zero attached hydrogens (tertiary/aromatic N) is 5. The molecule has 10 nitrogen and oxygen atoms in total. The van der Waals surface area contributed by atoms with Crippen molar-refractivity contribution < 1.29 is 18.8 Å². The van der Waals surface area contributed by atoms with Crippen LogP contribution >= 0.6 is 11.6 Å². The van der Waals surface area contributed by atoms with Crippen LogP contribution in [0.25, 0.3) is 11.5 Å². The minimum atomic E-state index is -0.239. The second kappa shape index (κ2) is 8.54. The number of rotatable bonds is 6. The van der Waals surface area contributed by atoms with E-state index >= 15 is 0 Å². The van der Waals surface area contributed by atoms with Crippen molar-refractivity contribution in [1.82, 2.24) is 25.0 Å². The molecular weight excluding hydrogens is 412 g/mol. The highest BCUT2D eigenvalue weighted by Crippen LogP contribution is 2.36. The van der Waals surface area contributed by atoms with E-state index in [2.05, 4.69) is 25.4 Å². The Morgan fingerprint density at radius 3 is 2.77 bits per heavy atom. The molecule has 0 bridgehead atoms. The van der Waals surface area contributed by atoms with Crippen molar-refractivity contribution in [3.63, 3.8) is 0 Å². The highest BCUT2D eigenvalue weighted by molar-refractivity contribution is 6.32. The summed E-state index contributed by atoms with van der Waals surface area (Å²) in [5.41, 5.74) is 1.02. The molecule has 0 atom stereocenters. The van der Waals surface area contributed by atoms with Gasteiger partial charge in [0.25, 0.3) is 0 Å². The van der Waals surface area contributed by atoms with E-state index < -0.39 is 0 Å². The van der Waals surface area contributed by atoms with E-state index in [-0.39, 0.29) is 11.9 Å². The summed E-state index contributed by atoms with van der Waals surface area (Å²) in [6.45, 7) is 1.14. The van der Waals surface area contributed by atoms with Crippen LogP contribution in [0.5, 0.6) is 11.5 Å². The van der Waals surface area contributed by atoms with E-state index in [0.717, 1.165) is 0 Å². The molecule has 2 aromatic heterocycles. The van der Waals surface area contributed by atoms with Gasteiger partial charge < -0.3 is 24.2 Å². The van der Waals surface area contributed by atoms with Crippen LogP contribution in [0.3, 0.4) is 0 Å². The van der Waals surface area contributed by atoms with Crippen molar-refractivity contribution in [2.45, 2.75) is 6.42 Å². The maximum atomic E-state index is 12.5. The average molecular weight is 431 g/mol. The number of hydrogen-bond donors (Lipinski definition) is 1. The number of amides is 2. The SMILES string of the molecule is COc1cc(OC)c(NC(=O)N2CC(Cc3nc(-c4cnccn4)no3)C2)cc1Cl. The zero-order chi connectivity index (χ0) is 21.1. The van der Waals surface area contributed by atoms with E-state index in [9.17, 15) is 4.79 Å². The molecule has 2 amide bonds. The van der Waals surface area contributed by atoms with Crippen LogP contribution in [-0.2, 0) is 6.42 Å². The highest BCUT2D eigenvalue weighted by Gasteiger charge is 2.32. The lowest BCUT2D eigenvalue weighted by atomic mass is 9.97. The van der Waals surface area contributed by atoms with Gasteiger partial charge in [0.1, 0.15) is 17.2 Å². The Morgan fingerprint density at radius 2 is 2.07 bits per heavy atom. The van der Waals surface area contributed by atoms with Gasteiger partial charge in [-0.25, -0.2) is 9.78 Å². The van der Waals surface area contributed by atoms with E-state index in [1.807, 2.05) is 0 Å². The zero-order valence-electron chi connectivity index (χ0n) is 16.3. The number of ether oxygens (including phenoxy) is 2. The number of benzene rings is 1. The fourth-order valence-corrected chi connectivity index (χ4v) is 3.36. The van der Waals surface area contributed by atoms with Gasteiger partial charge in [0.15, 0.2) is 0 Å². The van der Waals surface area contributed by atoms with Gasteiger partial charge in [-0.1, -0.05) is 16.8 Å². The number of nitrogens with one attached hydrogen (secondary N) is 1. The monoisotopic (exact) mass is 430 g/mol. The molecule has 0 aliphatic carbocycles. The Bertz CT molecular complexity index is 1040. The molecule has 30 heavy (non-hydrogen) atoms. The lowest BCUT2D eigenvalue weighted by Gasteiger charge is -2.38. The largest absolute Gasteiger partial charge is 0.495 e. The van der Waals surface area contributed by atoms with Crippen LogP contribution in [0.15, 0.2) is 35.2 Å². The lowest BCUT2D eigenvalue weighted by molar-refractivity contribution is 0.125. The number of halogens is 1. The van der Waals surface area contributed by atoms with E-state index in [1.54, 1.807) is 35.6 Å². The van der Waals surface area contributed by atoms with Crippen LogP contribution < -0.4 is 14.8 Å². The molecule has 1 aromatic carbocycles. The number of carbonyl (C=O) groups excluding carboxylic acids is 1. The normalized spacial score (nSPS) is 13.6. The maximum Gasteiger partial charge on any atom is 0.321 e. The van der Waals surface area contributed by atoms with Crippen LogP contribution in [0.1, 0.15) is 5.89 Å². The van der Waals surface area contributed by atoms with Gasteiger partial charge in [-0.15, -0.1) is 0 Å². The molecule has 3 heterocycles. The molecule has 1 N–H and O–H groups in total. The Morgan fingerprint density at radius 1 is 1.27 bits per heavy atom. The fourth-order valence-electron chi connectivity index (χ4n) is 3.12. The van der Waals surface area contributed by atoms with Gasteiger partial charge in [-0.2, -0.15) is 4.98 Å². The standard InChI is InChI=1S/C19H19ClN6O4/c1-28-15-7-16(29-2)13(6-12(15)20)23-19(27)26-9-11(10-26)5-17-24-18(25-30-17)14-8-21-3-4-22-14/h3-4,6-8,11H,5,9-10H2,1-2H3,(H,23,27). The van der Waals surface area contributed by atoms with Crippen LogP contribution in [-0.4, -0.2) is 58.3 Å². The van der Waals surface area contributed by atoms with Crippen molar-refractivity contribution in [3.8, 4) is 23.0 Å². The van der Waals surface area contributed by atoms with E-state index in [4.69, 9.17) is 25.6 Å². The van der Waals surface area contributed by atoms with Gasteiger partial charge >= 0.3 is 6.03 Å². The van der Waals surface area contributed by atoms with Crippen LogP contribution in [0.2, 0.25) is 5.02 Å². The molecule has 0 radical (unpaired) electrons. The molecule has 4 rings (SSSR count). The minimum absolute atomic E-state index is 0.229. The van der Waals surface area contributed by atoms with Crippen molar-refractivity contribution >= 4 is 23.3 Å². The number of carbonyl (C=O) groups is 1. The van der Waals surface area contributed by atoms with Gasteiger partial charge in [-0.3, -0.25) is 4.98 Å². The minimum Gasteiger partial charge on any atom is -0.495 e. The van der Waals surface area contributed by atoms with E-state index in [0.29, 0.717) is 59.1 Å². The summed E-state index contributed by atoms with van der Waals surface area (Å²) in [5.74, 6) is 2.06. The number of hydrogen-bond acceptors (Lipinski definition) is 8. The van der Waals surface area contributed by atoms with Crippen molar-refractivity contribution in [3.05, 3.63) is 41.6 Å². The number of anilines is 1. The summed E-state index contributed by atoms with van der Waals surface area (Å²) >= 11 is 6.15. The molecule has 3 aromatic rings. The number of aromatic nitrogens is 4. The van der Waals surface area contributed by atoms with Crippen LogP contribution in [0, 0.1) is 5.92 Å². The van der Waals surface area contributed by atoms with Gasteiger partial charge in [-0.05, 0) is 6.07 Å². The quantitative estimate of drug-likeness (QED) is 0.634. The third-order valence-corrected chi connectivity index (χ3v) is 4.98.